The van der Waals surface area contributed by atoms with E-state index in [4.69, 9.17) is 0 Å². The summed E-state index contributed by atoms with van der Waals surface area (Å²) in [6.07, 6.45) is 5.25. The first-order valence-corrected chi connectivity index (χ1v) is 14.6. The number of imide groups is 1. The van der Waals surface area contributed by atoms with Crippen molar-refractivity contribution in [2.45, 2.75) is 115 Å². The first-order valence-electron chi connectivity index (χ1n) is 14.6. The van der Waals surface area contributed by atoms with Crippen molar-refractivity contribution >= 4 is 12.3 Å². The molecule has 3 atom stereocenters. The van der Waals surface area contributed by atoms with Gasteiger partial charge in [-0.05, 0) is 57.4 Å². The molecule has 2 unspecified atom stereocenters. The van der Waals surface area contributed by atoms with Gasteiger partial charge in [0.1, 0.15) is 11.6 Å². The summed E-state index contributed by atoms with van der Waals surface area (Å²) >= 11 is 0. The first-order chi connectivity index (χ1) is 18.7. The van der Waals surface area contributed by atoms with Crippen LogP contribution in [0.1, 0.15) is 107 Å². The molecule has 3 heterocycles. The van der Waals surface area contributed by atoms with Crippen LogP contribution in [-0.2, 0) is 9.59 Å². The van der Waals surface area contributed by atoms with Crippen LogP contribution in [0.3, 0.4) is 0 Å². The minimum atomic E-state index is -2.71. The highest BCUT2D eigenvalue weighted by Crippen LogP contribution is 2.43. The largest absolute Gasteiger partial charge is 0.312 e. The molecule has 0 radical (unpaired) electrons. The Morgan fingerprint density at radius 1 is 1.05 bits per heavy atom. The standard InChI is InChI=1S/C30H41F2N5O2/c1-20(2)28-34-33-21(3)37(28)26-17-24-9-10-25(18-26)35(24)16-13-27(22-7-5-4-6-8-22)36(19-38)29(39)23-11-14-30(31,32)15-12-23/h4-8,19-20,23-27H,9-18H2,1-3H3/t24?,25?,26?,27-/m0/s1. The molecule has 1 aliphatic carbocycles. The fourth-order valence-electron chi connectivity index (χ4n) is 7.24. The van der Waals surface area contributed by atoms with Crippen LogP contribution >= 0.6 is 0 Å². The summed E-state index contributed by atoms with van der Waals surface area (Å²) in [7, 11) is 0. The Labute approximate surface area is 230 Å². The number of fused-ring (bicyclic) bond motifs is 2. The van der Waals surface area contributed by atoms with Gasteiger partial charge in [0.25, 0.3) is 0 Å². The van der Waals surface area contributed by atoms with Gasteiger partial charge in [0, 0.05) is 49.3 Å². The van der Waals surface area contributed by atoms with Gasteiger partial charge < -0.3 is 4.57 Å². The van der Waals surface area contributed by atoms with E-state index in [2.05, 4.69) is 33.5 Å². The highest BCUT2D eigenvalue weighted by Gasteiger charge is 2.43. The van der Waals surface area contributed by atoms with Crippen LogP contribution in [0.4, 0.5) is 8.78 Å². The second-order valence-electron chi connectivity index (χ2n) is 12.1. The third kappa shape index (κ3) is 5.79. The number of aromatic nitrogens is 3. The Morgan fingerprint density at radius 2 is 1.69 bits per heavy atom. The van der Waals surface area contributed by atoms with E-state index < -0.39 is 17.9 Å². The molecule has 1 saturated carbocycles. The number of alkyl halides is 2. The van der Waals surface area contributed by atoms with E-state index in [0.29, 0.717) is 36.9 Å². The number of rotatable bonds is 9. The van der Waals surface area contributed by atoms with Crippen molar-refractivity contribution < 1.29 is 18.4 Å². The number of carbonyl (C=O) groups excluding carboxylic acids is 2. The average Bonchev–Trinajstić information content (AvgIpc) is 3.41. The van der Waals surface area contributed by atoms with E-state index in [1.165, 1.54) is 4.90 Å². The monoisotopic (exact) mass is 541 g/mol. The normalized spacial score (nSPS) is 26.1. The van der Waals surface area contributed by atoms with Crippen LogP contribution in [0.2, 0.25) is 0 Å². The summed E-state index contributed by atoms with van der Waals surface area (Å²) in [4.78, 5) is 29.7. The van der Waals surface area contributed by atoms with E-state index in [-0.39, 0.29) is 31.6 Å². The van der Waals surface area contributed by atoms with Crippen molar-refractivity contribution in [1.82, 2.24) is 24.6 Å². The van der Waals surface area contributed by atoms with Gasteiger partial charge in [-0.1, -0.05) is 44.2 Å². The summed E-state index contributed by atoms with van der Waals surface area (Å²) < 4.78 is 29.8. The summed E-state index contributed by atoms with van der Waals surface area (Å²) in [5.74, 6) is -1.23. The SMILES string of the molecule is Cc1nnc(C(C)C)n1C1CC2CCC(C1)N2CC[C@@H](c1ccccc1)N(C=O)C(=O)C1CCC(F)(F)CC1. The molecule has 2 aliphatic heterocycles. The summed E-state index contributed by atoms with van der Waals surface area (Å²) in [5, 5.41) is 8.83. The molecule has 2 bridgehead atoms. The van der Waals surface area contributed by atoms with E-state index in [1.54, 1.807) is 0 Å². The third-order valence-electron chi connectivity index (χ3n) is 9.25. The highest BCUT2D eigenvalue weighted by molar-refractivity contribution is 5.88. The fraction of sp³-hybridized carbons (Fsp3) is 0.667. The van der Waals surface area contributed by atoms with Crippen molar-refractivity contribution in [3.63, 3.8) is 0 Å². The molecular weight excluding hydrogens is 500 g/mol. The Hall–Kier alpha value is -2.68. The van der Waals surface area contributed by atoms with Gasteiger partial charge in [0.05, 0.1) is 6.04 Å². The smallest absolute Gasteiger partial charge is 0.248 e. The molecule has 1 aromatic carbocycles. The second kappa shape index (κ2) is 11.4. The Kier molecular flexibility index (Phi) is 8.17. The lowest BCUT2D eigenvalue weighted by Gasteiger charge is -2.41. The van der Waals surface area contributed by atoms with E-state index in [0.717, 1.165) is 49.4 Å². The van der Waals surface area contributed by atoms with Gasteiger partial charge in [-0.3, -0.25) is 19.4 Å². The number of hydrogen-bond acceptors (Lipinski definition) is 5. The summed E-state index contributed by atoms with van der Waals surface area (Å²) in [5.41, 5.74) is 0.906. The molecule has 212 valence electrons. The minimum absolute atomic E-state index is 0.121. The van der Waals surface area contributed by atoms with E-state index in [1.807, 2.05) is 37.3 Å². The van der Waals surface area contributed by atoms with Crippen LogP contribution in [0.25, 0.3) is 0 Å². The Balaban J connectivity index is 1.30. The van der Waals surface area contributed by atoms with Crippen LogP contribution in [0.15, 0.2) is 30.3 Å². The van der Waals surface area contributed by atoms with E-state index in [9.17, 15) is 18.4 Å². The van der Waals surface area contributed by atoms with Gasteiger partial charge in [-0.2, -0.15) is 0 Å². The average molecular weight is 542 g/mol. The van der Waals surface area contributed by atoms with Crippen molar-refractivity contribution in [3.05, 3.63) is 47.5 Å². The molecule has 39 heavy (non-hydrogen) atoms. The van der Waals surface area contributed by atoms with Crippen molar-refractivity contribution in [2.24, 2.45) is 5.92 Å². The number of carbonyl (C=O) groups is 2. The summed E-state index contributed by atoms with van der Waals surface area (Å²) in [6, 6.07) is 10.5. The Morgan fingerprint density at radius 3 is 2.28 bits per heavy atom. The number of hydrogen-bond donors (Lipinski definition) is 0. The van der Waals surface area contributed by atoms with Crippen LogP contribution in [-0.4, -0.2) is 61.4 Å². The number of aryl methyl sites for hydroxylation is 1. The molecular formula is C30H41F2N5O2. The van der Waals surface area contributed by atoms with Crippen LogP contribution in [0.5, 0.6) is 0 Å². The van der Waals surface area contributed by atoms with Crippen LogP contribution < -0.4 is 0 Å². The molecule has 1 aromatic heterocycles. The molecule has 3 aliphatic rings. The molecule has 9 heteroatoms. The zero-order valence-electron chi connectivity index (χ0n) is 23.3. The second-order valence-corrected chi connectivity index (χ2v) is 12.1. The maximum absolute atomic E-state index is 13.7. The fourth-order valence-corrected chi connectivity index (χ4v) is 7.24. The van der Waals surface area contributed by atoms with Crippen molar-refractivity contribution in [3.8, 4) is 0 Å². The maximum Gasteiger partial charge on any atom is 0.248 e. The quantitative estimate of drug-likeness (QED) is 0.374. The third-order valence-corrected chi connectivity index (χ3v) is 9.25. The Bertz CT molecular complexity index is 1130. The zero-order valence-corrected chi connectivity index (χ0v) is 23.3. The molecule has 0 spiro atoms. The van der Waals surface area contributed by atoms with Gasteiger partial charge >= 0.3 is 0 Å². The zero-order chi connectivity index (χ0) is 27.7. The van der Waals surface area contributed by atoms with Gasteiger partial charge in [-0.25, -0.2) is 8.78 Å². The molecule has 7 nitrogen and oxygen atoms in total. The molecule has 2 saturated heterocycles. The lowest BCUT2D eigenvalue weighted by atomic mass is 9.85. The number of nitrogens with zero attached hydrogens (tertiary/aromatic N) is 5. The number of piperidine rings is 1. The van der Waals surface area contributed by atoms with E-state index >= 15 is 0 Å². The lowest BCUT2D eigenvalue weighted by Crippen LogP contribution is -2.46. The number of benzene rings is 1. The van der Waals surface area contributed by atoms with Gasteiger partial charge in [0.2, 0.25) is 18.2 Å². The molecule has 0 N–H and O–H groups in total. The predicted molar refractivity (Wildman–Crippen MR) is 144 cm³/mol. The number of amides is 2. The first kappa shape index (κ1) is 27.9. The molecule has 3 fully saturated rings. The molecule has 2 amide bonds. The van der Waals surface area contributed by atoms with Crippen molar-refractivity contribution in [1.29, 1.82) is 0 Å². The predicted octanol–water partition coefficient (Wildman–Crippen LogP) is 5.82. The minimum Gasteiger partial charge on any atom is -0.312 e. The highest BCUT2D eigenvalue weighted by atomic mass is 19.3. The summed E-state index contributed by atoms with van der Waals surface area (Å²) in [6.45, 7) is 7.13. The topological polar surface area (TPSA) is 71.3 Å². The lowest BCUT2D eigenvalue weighted by molar-refractivity contribution is -0.147. The molecule has 2 aromatic rings. The molecule has 5 rings (SSSR count). The van der Waals surface area contributed by atoms with Crippen LogP contribution in [0, 0.1) is 12.8 Å². The maximum atomic E-state index is 13.7. The van der Waals surface area contributed by atoms with Crippen molar-refractivity contribution in [2.75, 3.05) is 6.54 Å². The van der Waals surface area contributed by atoms with Gasteiger partial charge in [0.15, 0.2) is 0 Å². The van der Waals surface area contributed by atoms with Gasteiger partial charge in [-0.15, -0.1) is 10.2 Å². The number of halogens is 2.